The summed E-state index contributed by atoms with van der Waals surface area (Å²) in [5.41, 5.74) is -3.22. The molecule has 1 aromatic carbocycles. The SMILES string of the molecule is C[C@H]1CN(S(=O)(=O)C2=CC=CCC2=S)CCN1c1ccc([C@](O)(CO)C(F)(F)F)cc1. The van der Waals surface area contributed by atoms with Crippen LogP contribution in [-0.4, -0.2) is 66.3 Å². The molecule has 2 N–H and O–H groups in total. The number of hydrogen-bond donors (Lipinski definition) is 2. The number of anilines is 1. The standard InChI is InChI=1S/C20H23F3N2O4S2/c1-14-12-24(31(28,29)18-5-3-2-4-17(18)30)10-11-25(14)16-8-6-15(7-9-16)19(27,13-26)20(21,22)23/h2-3,5-9,14,26-27H,4,10-13H2,1H3/t14-,19+/m0/s1. The van der Waals surface area contributed by atoms with E-state index in [2.05, 4.69) is 0 Å². The lowest BCUT2D eigenvalue weighted by Crippen LogP contribution is -2.54. The molecule has 1 saturated heterocycles. The normalized spacial score (nSPS) is 22.9. The Morgan fingerprint density at radius 1 is 1.19 bits per heavy atom. The van der Waals surface area contributed by atoms with Crippen molar-refractivity contribution in [1.82, 2.24) is 4.31 Å². The first-order valence-electron chi connectivity index (χ1n) is 9.59. The lowest BCUT2D eigenvalue weighted by atomic mass is 9.93. The third kappa shape index (κ3) is 4.42. The Morgan fingerprint density at radius 2 is 1.84 bits per heavy atom. The zero-order chi connectivity index (χ0) is 23.0. The van der Waals surface area contributed by atoms with Gasteiger partial charge in [0.1, 0.15) is 0 Å². The van der Waals surface area contributed by atoms with Crippen molar-refractivity contribution in [1.29, 1.82) is 0 Å². The van der Waals surface area contributed by atoms with E-state index in [0.29, 0.717) is 23.5 Å². The van der Waals surface area contributed by atoms with Gasteiger partial charge in [0.2, 0.25) is 15.6 Å². The molecule has 0 bridgehead atoms. The van der Waals surface area contributed by atoms with Gasteiger partial charge in [-0.3, -0.25) is 0 Å². The van der Waals surface area contributed by atoms with Crippen LogP contribution < -0.4 is 4.90 Å². The van der Waals surface area contributed by atoms with Gasteiger partial charge in [-0.25, -0.2) is 8.42 Å². The number of rotatable bonds is 5. The number of sulfonamides is 1. The Morgan fingerprint density at radius 3 is 2.35 bits per heavy atom. The predicted octanol–water partition coefficient (Wildman–Crippen LogP) is 2.48. The fourth-order valence-corrected chi connectivity index (χ4v) is 5.81. The van der Waals surface area contributed by atoms with Gasteiger partial charge in [0, 0.05) is 42.6 Å². The number of piperazine rings is 1. The number of halogens is 3. The molecule has 0 spiro atoms. The van der Waals surface area contributed by atoms with Gasteiger partial charge < -0.3 is 15.1 Å². The van der Waals surface area contributed by atoms with Crippen molar-refractivity contribution in [2.45, 2.75) is 31.2 Å². The Kier molecular flexibility index (Phi) is 6.64. The minimum Gasteiger partial charge on any atom is -0.393 e. The van der Waals surface area contributed by atoms with Crippen LogP contribution in [0.4, 0.5) is 18.9 Å². The summed E-state index contributed by atoms with van der Waals surface area (Å²) >= 11 is 5.20. The summed E-state index contributed by atoms with van der Waals surface area (Å²) in [5.74, 6) is 0. The Balaban J connectivity index is 1.77. The number of alkyl halides is 3. The molecule has 11 heteroatoms. The number of benzene rings is 1. The molecule has 0 amide bonds. The number of hydrogen-bond acceptors (Lipinski definition) is 6. The van der Waals surface area contributed by atoms with Crippen LogP contribution in [0.5, 0.6) is 0 Å². The lowest BCUT2D eigenvalue weighted by Gasteiger charge is -2.41. The van der Waals surface area contributed by atoms with Crippen molar-refractivity contribution in [2.24, 2.45) is 0 Å². The van der Waals surface area contributed by atoms with E-state index in [1.807, 2.05) is 11.8 Å². The van der Waals surface area contributed by atoms with Gasteiger partial charge >= 0.3 is 6.18 Å². The fourth-order valence-electron chi connectivity index (χ4n) is 3.69. The molecule has 6 nitrogen and oxygen atoms in total. The molecule has 0 aromatic heterocycles. The summed E-state index contributed by atoms with van der Waals surface area (Å²) < 4.78 is 66.8. The van der Waals surface area contributed by atoms with Crippen LogP contribution in [0.2, 0.25) is 0 Å². The number of nitrogens with zero attached hydrogens (tertiary/aromatic N) is 2. The average Bonchev–Trinajstić information content (AvgIpc) is 2.72. The van der Waals surface area contributed by atoms with Crippen LogP contribution in [-0.2, 0) is 15.6 Å². The lowest BCUT2D eigenvalue weighted by molar-refractivity contribution is -0.277. The molecule has 0 unspecified atom stereocenters. The maximum atomic E-state index is 13.1. The molecular weight excluding hydrogens is 453 g/mol. The molecule has 2 atom stereocenters. The molecule has 0 radical (unpaired) electrons. The fraction of sp³-hybridized carbons (Fsp3) is 0.450. The zero-order valence-electron chi connectivity index (χ0n) is 16.7. The van der Waals surface area contributed by atoms with Crippen LogP contribution in [0.15, 0.2) is 47.4 Å². The molecule has 1 aliphatic heterocycles. The van der Waals surface area contributed by atoms with Gasteiger partial charge in [0.15, 0.2) is 0 Å². The second-order valence-electron chi connectivity index (χ2n) is 7.55. The van der Waals surface area contributed by atoms with E-state index in [-0.39, 0.29) is 24.0 Å². The zero-order valence-corrected chi connectivity index (χ0v) is 18.3. The third-order valence-electron chi connectivity index (χ3n) is 5.54. The first-order valence-corrected chi connectivity index (χ1v) is 11.4. The molecule has 2 aliphatic rings. The molecule has 3 rings (SSSR count). The van der Waals surface area contributed by atoms with Crippen LogP contribution in [0.1, 0.15) is 18.9 Å². The number of aliphatic hydroxyl groups is 2. The second-order valence-corrected chi connectivity index (χ2v) is 9.95. The van der Waals surface area contributed by atoms with Crippen LogP contribution >= 0.6 is 12.2 Å². The minimum absolute atomic E-state index is 0.130. The van der Waals surface area contributed by atoms with Gasteiger partial charge in [-0.2, -0.15) is 17.5 Å². The third-order valence-corrected chi connectivity index (χ3v) is 8.01. The Labute approximate surface area is 184 Å². The topological polar surface area (TPSA) is 81.1 Å². The van der Waals surface area contributed by atoms with E-state index < -0.39 is 34.0 Å². The second kappa shape index (κ2) is 8.62. The summed E-state index contributed by atoms with van der Waals surface area (Å²) in [6, 6.07) is 4.83. The van der Waals surface area contributed by atoms with Gasteiger partial charge in [-0.1, -0.05) is 36.5 Å². The highest BCUT2D eigenvalue weighted by molar-refractivity contribution is 7.96. The molecule has 1 aromatic rings. The summed E-state index contributed by atoms with van der Waals surface area (Å²) in [5, 5.41) is 19.0. The van der Waals surface area contributed by atoms with Gasteiger partial charge in [0.05, 0.1) is 11.5 Å². The number of thiocarbonyl (C=S) groups is 1. The Hall–Kier alpha value is -1.79. The summed E-state index contributed by atoms with van der Waals surface area (Å²) in [6.07, 6.45) is 0.334. The van der Waals surface area contributed by atoms with Crippen molar-refractivity contribution < 1.29 is 31.8 Å². The van der Waals surface area contributed by atoms with E-state index in [0.717, 1.165) is 12.1 Å². The maximum Gasteiger partial charge on any atom is 0.423 e. The van der Waals surface area contributed by atoms with E-state index in [4.69, 9.17) is 17.3 Å². The van der Waals surface area contributed by atoms with Crippen molar-refractivity contribution in [3.8, 4) is 0 Å². The highest BCUT2D eigenvalue weighted by Gasteiger charge is 2.54. The monoisotopic (exact) mass is 476 g/mol. The largest absolute Gasteiger partial charge is 0.423 e. The number of aliphatic hydroxyl groups excluding tert-OH is 1. The summed E-state index contributed by atoms with van der Waals surface area (Å²) in [6.45, 7) is 1.05. The van der Waals surface area contributed by atoms with E-state index in [9.17, 15) is 26.7 Å². The molecule has 1 aliphatic carbocycles. The van der Waals surface area contributed by atoms with Crippen LogP contribution in [0.3, 0.4) is 0 Å². The first-order chi connectivity index (χ1) is 14.4. The smallest absolute Gasteiger partial charge is 0.393 e. The molecule has 31 heavy (non-hydrogen) atoms. The average molecular weight is 477 g/mol. The minimum atomic E-state index is -5.03. The number of allylic oxidation sites excluding steroid dienone is 4. The van der Waals surface area contributed by atoms with Crippen molar-refractivity contribution in [2.75, 3.05) is 31.1 Å². The summed E-state index contributed by atoms with van der Waals surface area (Å²) in [7, 11) is -3.73. The van der Waals surface area contributed by atoms with Crippen molar-refractivity contribution in [3.05, 3.63) is 53.0 Å². The van der Waals surface area contributed by atoms with Crippen LogP contribution in [0, 0.1) is 0 Å². The first kappa shape index (κ1) is 23.9. The van der Waals surface area contributed by atoms with E-state index in [1.54, 1.807) is 12.2 Å². The van der Waals surface area contributed by atoms with Crippen molar-refractivity contribution >= 4 is 32.8 Å². The molecular formula is C20H23F3N2O4S2. The molecule has 0 saturated carbocycles. The van der Waals surface area contributed by atoms with Crippen LogP contribution in [0.25, 0.3) is 0 Å². The quantitative estimate of drug-likeness (QED) is 0.636. The maximum absolute atomic E-state index is 13.1. The molecule has 1 fully saturated rings. The summed E-state index contributed by atoms with van der Waals surface area (Å²) in [4.78, 5) is 2.38. The molecule has 1 heterocycles. The van der Waals surface area contributed by atoms with Gasteiger partial charge in [-0.15, -0.1) is 0 Å². The van der Waals surface area contributed by atoms with Gasteiger partial charge in [-0.05, 0) is 30.7 Å². The van der Waals surface area contributed by atoms with E-state index in [1.165, 1.54) is 22.5 Å². The molecule has 170 valence electrons. The van der Waals surface area contributed by atoms with Crippen molar-refractivity contribution in [3.63, 3.8) is 0 Å². The highest BCUT2D eigenvalue weighted by Crippen LogP contribution is 2.39. The predicted molar refractivity (Wildman–Crippen MR) is 115 cm³/mol. The van der Waals surface area contributed by atoms with E-state index >= 15 is 0 Å². The highest BCUT2D eigenvalue weighted by atomic mass is 32.2. The Bertz CT molecular complexity index is 1010. The van der Waals surface area contributed by atoms with Gasteiger partial charge in [0.25, 0.3) is 0 Å².